The van der Waals surface area contributed by atoms with Crippen LogP contribution in [0.5, 0.6) is 0 Å². The first-order chi connectivity index (χ1) is 17.5. The summed E-state index contributed by atoms with van der Waals surface area (Å²) in [5, 5.41) is 30.9. The van der Waals surface area contributed by atoms with E-state index in [0.717, 1.165) is 29.8 Å². The van der Waals surface area contributed by atoms with Crippen molar-refractivity contribution in [2.45, 2.75) is 0 Å². The molecule has 0 aromatic carbocycles. The maximum Gasteiger partial charge on any atom is 0.345 e. The summed E-state index contributed by atoms with van der Waals surface area (Å²) in [5.74, 6) is -3.92. The standard InChI is InChI=1S/C9H5FN4O3S.C6H4FNO2.C3H3N3O2S/c10-7-5(2-1-3-11-7)8(15)13-9-12-4-6(18-9)14(16)17;7-5-4(6(9)10)2-1-3-8-5;4-3-5-1-2(9-3)6(7)8/h1-4H,(H,12,13,15);1-3H,(H,9,10);1H,(H2,4,5). The Morgan fingerprint density at radius 3 is 1.78 bits per heavy atom. The first kappa shape index (κ1) is 28.2. The largest absolute Gasteiger partial charge is 0.478 e. The van der Waals surface area contributed by atoms with Crippen molar-refractivity contribution in [3.05, 3.63) is 92.3 Å². The fourth-order valence-electron chi connectivity index (χ4n) is 2.04. The minimum absolute atomic E-state index is 0.0208. The van der Waals surface area contributed by atoms with Gasteiger partial charge in [-0.1, -0.05) is 0 Å². The van der Waals surface area contributed by atoms with Gasteiger partial charge in [-0.2, -0.15) is 8.78 Å². The molecule has 15 nitrogen and oxygen atoms in total. The molecular weight excluding hydrogens is 542 g/mol. The summed E-state index contributed by atoms with van der Waals surface area (Å²) in [6.07, 6.45) is 4.56. The monoisotopic (exact) mass is 554 g/mol. The molecule has 0 radical (unpaired) electrons. The minimum Gasteiger partial charge on any atom is -0.478 e. The van der Waals surface area contributed by atoms with E-state index in [2.05, 4.69) is 25.3 Å². The molecule has 0 saturated heterocycles. The van der Waals surface area contributed by atoms with E-state index in [4.69, 9.17) is 10.8 Å². The number of pyridine rings is 2. The van der Waals surface area contributed by atoms with Crippen molar-refractivity contribution < 1.29 is 33.3 Å². The fourth-order valence-corrected chi connectivity index (χ4v) is 3.16. The Balaban J connectivity index is 0.000000214. The number of aromatic carboxylic acids is 1. The Morgan fingerprint density at radius 1 is 0.892 bits per heavy atom. The third-order valence-corrected chi connectivity index (χ3v) is 5.22. The van der Waals surface area contributed by atoms with E-state index in [9.17, 15) is 38.6 Å². The fraction of sp³-hybridized carbons (Fsp3) is 0. The number of carbonyl (C=O) groups excluding carboxylic acids is 1. The number of aromatic nitrogens is 4. The van der Waals surface area contributed by atoms with Crippen LogP contribution >= 0.6 is 22.7 Å². The third-order valence-electron chi connectivity index (χ3n) is 3.58. The lowest BCUT2D eigenvalue weighted by molar-refractivity contribution is -0.380. The average molecular weight is 554 g/mol. The number of hydrogen-bond donors (Lipinski definition) is 3. The van der Waals surface area contributed by atoms with Crippen molar-refractivity contribution in [1.82, 2.24) is 19.9 Å². The van der Waals surface area contributed by atoms with Crippen LogP contribution < -0.4 is 11.1 Å². The van der Waals surface area contributed by atoms with E-state index >= 15 is 0 Å². The molecule has 4 heterocycles. The topological polar surface area (TPSA) is 230 Å². The van der Waals surface area contributed by atoms with Crippen molar-refractivity contribution in [2.24, 2.45) is 0 Å². The molecule has 4 rings (SSSR count). The van der Waals surface area contributed by atoms with Crippen LogP contribution in [0.25, 0.3) is 0 Å². The summed E-state index contributed by atoms with van der Waals surface area (Å²) in [6, 6.07) is 5.18. The number of carboxylic acid groups (broad SMARTS) is 1. The molecule has 0 unspecified atom stereocenters. The van der Waals surface area contributed by atoms with Gasteiger partial charge in [-0.15, -0.1) is 0 Å². The number of amides is 1. The van der Waals surface area contributed by atoms with Gasteiger partial charge in [-0.25, -0.2) is 24.7 Å². The molecule has 0 bridgehead atoms. The van der Waals surface area contributed by atoms with E-state index in [1.54, 1.807) is 0 Å². The van der Waals surface area contributed by atoms with E-state index in [1.165, 1.54) is 30.6 Å². The molecule has 4 aromatic heterocycles. The van der Waals surface area contributed by atoms with Gasteiger partial charge in [0.2, 0.25) is 11.9 Å². The second-order valence-electron chi connectivity index (χ2n) is 6.00. The van der Waals surface area contributed by atoms with Gasteiger partial charge in [-0.05, 0) is 46.9 Å². The molecule has 4 N–H and O–H groups in total. The van der Waals surface area contributed by atoms with Crippen LogP contribution in [0.1, 0.15) is 20.7 Å². The lowest BCUT2D eigenvalue weighted by Gasteiger charge is -2.00. The zero-order chi connectivity index (χ0) is 27.5. The molecule has 4 aromatic rings. The van der Waals surface area contributed by atoms with Gasteiger partial charge in [0, 0.05) is 12.4 Å². The van der Waals surface area contributed by atoms with Crippen LogP contribution in [-0.2, 0) is 0 Å². The number of nitrogen functional groups attached to an aromatic ring is 1. The molecule has 37 heavy (non-hydrogen) atoms. The second-order valence-corrected chi connectivity index (χ2v) is 8.05. The molecule has 0 spiro atoms. The van der Waals surface area contributed by atoms with Crippen LogP contribution in [-0.4, -0.2) is 46.8 Å². The molecule has 0 aliphatic heterocycles. The average Bonchev–Trinajstić information content (AvgIpc) is 3.50. The van der Waals surface area contributed by atoms with E-state index in [-0.39, 0.29) is 25.8 Å². The number of anilines is 2. The van der Waals surface area contributed by atoms with Crippen molar-refractivity contribution in [3.63, 3.8) is 0 Å². The Morgan fingerprint density at radius 2 is 1.41 bits per heavy atom. The molecule has 0 aliphatic rings. The quantitative estimate of drug-likeness (QED) is 0.183. The van der Waals surface area contributed by atoms with Crippen LogP contribution in [0.4, 0.5) is 29.0 Å². The molecule has 19 heteroatoms. The Kier molecular flexibility index (Phi) is 10.0. The first-order valence-corrected chi connectivity index (χ1v) is 10.8. The smallest absolute Gasteiger partial charge is 0.345 e. The SMILES string of the molecule is Nc1ncc([N+](=O)[O-])s1.O=C(Nc1ncc([N+](=O)[O-])s1)c1cccnc1F.O=C(O)c1cccnc1F. The van der Waals surface area contributed by atoms with Gasteiger partial charge in [0.05, 0.1) is 15.4 Å². The summed E-state index contributed by atoms with van der Waals surface area (Å²) in [6.45, 7) is 0. The highest BCUT2D eigenvalue weighted by Gasteiger charge is 2.17. The third kappa shape index (κ3) is 8.60. The van der Waals surface area contributed by atoms with Gasteiger partial charge >= 0.3 is 16.0 Å². The molecule has 0 aliphatic carbocycles. The van der Waals surface area contributed by atoms with Crippen LogP contribution in [0.3, 0.4) is 0 Å². The molecule has 1 amide bonds. The van der Waals surface area contributed by atoms with Gasteiger partial charge < -0.3 is 10.8 Å². The number of thiazole rings is 2. The van der Waals surface area contributed by atoms with Crippen LogP contribution in [0, 0.1) is 32.1 Å². The zero-order valence-corrected chi connectivity index (χ0v) is 19.5. The highest BCUT2D eigenvalue weighted by atomic mass is 32.1. The van der Waals surface area contributed by atoms with Crippen LogP contribution in [0.15, 0.2) is 49.1 Å². The number of hydrogen-bond acceptors (Lipinski definition) is 13. The number of rotatable bonds is 5. The lowest BCUT2D eigenvalue weighted by atomic mass is 10.2. The number of nitrogens with two attached hydrogens (primary N) is 1. The lowest BCUT2D eigenvalue weighted by Crippen LogP contribution is -2.14. The van der Waals surface area contributed by atoms with E-state index in [1.807, 2.05) is 0 Å². The van der Waals surface area contributed by atoms with Crippen molar-refractivity contribution in [2.75, 3.05) is 11.1 Å². The maximum absolute atomic E-state index is 13.2. The number of nitrogens with zero attached hydrogens (tertiary/aromatic N) is 6. The summed E-state index contributed by atoms with van der Waals surface area (Å²) in [7, 11) is 0. The second kappa shape index (κ2) is 13.2. The highest BCUT2D eigenvalue weighted by molar-refractivity contribution is 7.19. The summed E-state index contributed by atoms with van der Waals surface area (Å²) >= 11 is 1.55. The van der Waals surface area contributed by atoms with Crippen molar-refractivity contribution in [1.29, 1.82) is 0 Å². The maximum atomic E-state index is 13.2. The number of nitro groups is 2. The Labute approximate surface area is 211 Å². The Bertz CT molecular complexity index is 1430. The molecule has 192 valence electrons. The minimum atomic E-state index is -1.30. The van der Waals surface area contributed by atoms with Crippen molar-refractivity contribution >= 4 is 54.8 Å². The number of halogens is 2. The highest BCUT2D eigenvalue weighted by Crippen LogP contribution is 2.25. The summed E-state index contributed by atoms with van der Waals surface area (Å²) < 4.78 is 25.5. The van der Waals surface area contributed by atoms with Gasteiger partial charge in [-0.3, -0.25) is 30.3 Å². The first-order valence-electron chi connectivity index (χ1n) is 9.21. The number of nitrogens with one attached hydrogen (secondary N) is 1. The molecular formula is C18H12F2N8O7S2. The van der Waals surface area contributed by atoms with Gasteiger partial charge in [0.1, 0.15) is 18.0 Å². The van der Waals surface area contributed by atoms with Crippen molar-refractivity contribution in [3.8, 4) is 0 Å². The van der Waals surface area contributed by atoms with Gasteiger partial charge in [0.25, 0.3) is 5.91 Å². The molecule has 0 saturated carbocycles. The Hall–Kier alpha value is -5.04. The molecule has 0 fully saturated rings. The zero-order valence-electron chi connectivity index (χ0n) is 17.8. The van der Waals surface area contributed by atoms with E-state index in [0.29, 0.717) is 11.3 Å². The van der Waals surface area contributed by atoms with Gasteiger partial charge in [0.15, 0.2) is 10.3 Å². The normalized spacial score (nSPS) is 9.68. The summed E-state index contributed by atoms with van der Waals surface area (Å²) in [5.41, 5.74) is 4.46. The molecule has 0 atom stereocenters. The van der Waals surface area contributed by atoms with Crippen LogP contribution in [0.2, 0.25) is 0 Å². The predicted octanol–water partition coefficient (Wildman–Crippen LogP) is 3.39. The summed E-state index contributed by atoms with van der Waals surface area (Å²) in [4.78, 5) is 54.6. The number of carbonyl (C=O) groups is 2. The van der Waals surface area contributed by atoms with E-state index < -0.39 is 39.2 Å². The number of carboxylic acids is 1. The predicted molar refractivity (Wildman–Crippen MR) is 125 cm³/mol.